The Morgan fingerprint density at radius 3 is 1.77 bits per heavy atom. The second-order valence-electron chi connectivity index (χ2n) is 8.41. The van der Waals surface area contributed by atoms with Crippen LogP contribution in [0.3, 0.4) is 0 Å². The van der Waals surface area contributed by atoms with E-state index >= 15 is 0 Å². The zero-order chi connectivity index (χ0) is 17.3. The molecule has 0 aromatic rings. The molecule has 2 nitrogen and oxygen atoms in total. The lowest BCUT2D eigenvalue weighted by Gasteiger charge is -2.56. The van der Waals surface area contributed by atoms with Crippen LogP contribution in [-0.4, -0.2) is 28.5 Å². The van der Waals surface area contributed by atoms with Crippen molar-refractivity contribution in [1.29, 1.82) is 0 Å². The predicted molar refractivity (Wildman–Crippen MR) is 99.9 cm³/mol. The molecule has 1 rings (SSSR count). The van der Waals surface area contributed by atoms with Crippen molar-refractivity contribution < 1.29 is 0 Å². The summed E-state index contributed by atoms with van der Waals surface area (Å²) >= 11 is 13.9. The highest BCUT2D eigenvalue weighted by Crippen LogP contribution is 2.54. The van der Waals surface area contributed by atoms with Gasteiger partial charge in [0.1, 0.15) is 5.00 Å². The summed E-state index contributed by atoms with van der Waals surface area (Å²) in [5.41, 5.74) is 0.196. The van der Waals surface area contributed by atoms with E-state index in [1.807, 2.05) is 0 Å². The van der Waals surface area contributed by atoms with E-state index in [1.165, 1.54) is 0 Å². The number of hydrogen-bond acceptors (Lipinski definition) is 2. The summed E-state index contributed by atoms with van der Waals surface area (Å²) in [7, 11) is 0. The molecule has 3 atom stereocenters. The Balaban J connectivity index is 3.22. The Morgan fingerprint density at radius 2 is 1.41 bits per heavy atom. The summed E-state index contributed by atoms with van der Waals surface area (Å²) in [6.45, 7) is 17.9. The second-order valence-corrected chi connectivity index (χ2v) is 9.56. The fourth-order valence-corrected chi connectivity index (χ4v) is 5.13. The molecule has 1 aliphatic rings. The quantitative estimate of drug-likeness (QED) is 0.521. The van der Waals surface area contributed by atoms with Gasteiger partial charge in [-0.1, -0.05) is 41.5 Å². The molecule has 2 N–H and O–H groups in total. The van der Waals surface area contributed by atoms with Gasteiger partial charge in [-0.15, -0.1) is 23.2 Å². The molecule has 0 bridgehead atoms. The van der Waals surface area contributed by atoms with Crippen molar-refractivity contribution in [2.75, 3.05) is 0 Å². The molecular formula is C18H36Cl2N2. The molecule has 4 heteroatoms. The molecule has 0 heterocycles. The monoisotopic (exact) mass is 350 g/mol. The average Bonchev–Trinajstić information content (AvgIpc) is 2.32. The van der Waals surface area contributed by atoms with E-state index in [4.69, 9.17) is 23.2 Å². The Bertz CT molecular complexity index is 347. The third-order valence-electron chi connectivity index (χ3n) is 5.35. The SMILES string of the molecule is CC(C)NC1CC(C(C)C)(C(C)C)CC(Cl)(NC(C)C)C1Cl. The first-order chi connectivity index (χ1) is 9.94. The minimum Gasteiger partial charge on any atom is -0.310 e. The molecule has 1 fully saturated rings. The molecule has 0 aliphatic heterocycles. The number of hydrogen-bond donors (Lipinski definition) is 2. The van der Waals surface area contributed by atoms with Gasteiger partial charge in [-0.25, -0.2) is 0 Å². The smallest absolute Gasteiger partial charge is 0.112 e. The van der Waals surface area contributed by atoms with Gasteiger partial charge < -0.3 is 5.32 Å². The highest BCUT2D eigenvalue weighted by molar-refractivity contribution is 6.32. The average molecular weight is 351 g/mol. The van der Waals surface area contributed by atoms with Crippen LogP contribution in [0.1, 0.15) is 68.2 Å². The first-order valence-electron chi connectivity index (χ1n) is 8.81. The summed E-state index contributed by atoms with van der Waals surface area (Å²) < 4.78 is 0. The van der Waals surface area contributed by atoms with Crippen LogP contribution < -0.4 is 10.6 Å². The van der Waals surface area contributed by atoms with E-state index in [2.05, 4.69) is 66.0 Å². The number of rotatable bonds is 6. The highest BCUT2D eigenvalue weighted by Gasteiger charge is 2.55. The summed E-state index contributed by atoms with van der Waals surface area (Å²) in [5.74, 6) is 1.14. The first kappa shape index (κ1) is 20.5. The van der Waals surface area contributed by atoms with Crippen molar-refractivity contribution in [3.05, 3.63) is 0 Å². The van der Waals surface area contributed by atoms with Gasteiger partial charge in [-0.05, 0) is 43.9 Å². The summed E-state index contributed by atoms with van der Waals surface area (Å²) in [6.07, 6.45) is 2.00. The van der Waals surface area contributed by atoms with Gasteiger partial charge in [-0.3, -0.25) is 5.32 Å². The molecular weight excluding hydrogens is 315 g/mol. The van der Waals surface area contributed by atoms with Gasteiger partial charge in [0.25, 0.3) is 0 Å². The summed E-state index contributed by atoms with van der Waals surface area (Å²) in [4.78, 5) is -0.560. The van der Waals surface area contributed by atoms with Crippen LogP contribution in [0.2, 0.25) is 0 Å². The van der Waals surface area contributed by atoms with Crippen molar-refractivity contribution >= 4 is 23.2 Å². The van der Waals surface area contributed by atoms with Crippen LogP contribution in [-0.2, 0) is 0 Å². The van der Waals surface area contributed by atoms with Crippen molar-refractivity contribution in [3.63, 3.8) is 0 Å². The van der Waals surface area contributed by atoms with Crippen LogP contribution >= 0.6 is 23.2 Å². The molecule has 22 heavy (non-hydrogen) atoms. The standard InChI is InChI=1S/C18H36Cl2N2/c1-11(2)17(12(3)4)9-15(21-13(5)6)16(19)18(20,10-17)22-14(7)8/h11-16,21-22H,9-10H2,1-8H3. The van der Waals surface area contributed by atoms with Gasteiger partial charge in [0, 0.05) is 18.1 Å². The number of alkyl halides is 2. The minimum atomic E-state index is -0.560. The van der Waals surface area contributed by atoms with Crippen LogP contribution in [0.4, 0.5) is 0 Å². The number of nitrogens with one attached hydrogen (secondary N) is 2. The lowest BCUT2D eigenvalue weighted by molar-refractivity contribution is 0.0121. The van der Waals surface area contributed by atoms with Crippen molar-refractivity contribution in [2.24, 2.45) is 17.3 Å². The third-order valence-corrected chi connectivity index (χ3v) is 6.62. The van der Waals surface area contributed by atoms with Gasteiger partial charge >= 0.3 is 0 Å². The van der Waals surface area contributed by atoms with Crippen molar-refractivity contribution in [3.8, 4) is 0 Å². The van der Waals surface area contributed by atoms with Gasteiger partial charge in [0.15, 0.2) is 0 Å². The van der Waals surface area contributed by atoms with E-state index in [1.54, 1.807) is 0 Å². The topological polar surface area (TPSA) is 24.1 Å². The van der Waals surface area contributed by atoms with E-state index in [-0.39, 0.29) is 16.8 Å². The Morgan fingerprint density at radius 1 is 0.909 bits per heavy atom. The lowest BCUT2D eigenvalue weighted by atomic mass is 9.58. The molecule has 0 aromatic carbocycles. The maximum absolute atomic E-state index is 7.09. The highest BCUT2D eigenvalue weighted by atomic mass is 35.5. The van der Waals surface area contributed by atoms with Crippen LogP contribution in [0, 0.1) is 17.3 Å². The number of halogens is 2. The largest absolute Gasteiger partial charge is 0.310 e. The normalized spacial score (nSPS) is 32.5. The Kier molecular flexibility index (Phi) is 7.09. The van der Waals surface area contributed by atoms with E-state index < -0.39 is 5.00 Å². The Hall–Kier alpha value is 0.500. The molecule has 132 valence electrons. The zero-order valence-corrected chi connectivity index (χ0v) is 17.1. The molecule has 0 amide bonds. The van der Waals surface area contributed by atoms with E-state index in [0.29, 0.717) is 23.9 Å². The van der Waals surface area contributed by atoms with E-state index in [0.717, 1.165) is 12.8 Å². The molecule has 0 aromatic heterocycles. The predicted octanol–water partition coefficient (Wildman–Crippen LogP) is 4.99. The van der Waals surface area contributed by atoms with Crippen LogP contribution in [0.25, 0.3) is 0 Å². The maximum Gasteiger partial charge on any atom is 0.112 e. The molecule has 1 saturated carbocycles. The fraction of sp³-hybridized carbons (Fsp3) is 1.00. The summed E-state index contributed by atoms with van der Waals surface area (Å²) in [5, 5.41) is 7.12. The van der Waals surface area contributed by atoms with Crippen molar-refractivity contribution in [2.45, 2.75) is 96.7 Å². The molecule has 3 unspecified atom stereocenters. The zero-order valence-electron chi connectivity index (χ0n) is 15.6. The third kappa shape index (κ3) is 4.32. The second kappa shape index (κ2) is 7.59. The molecule has 1 aliphatic carbocycles. The first-order valence-corrected chi connectivity index (χ1v) is 9.62. The van der Waals surface area contributed by atoms with Gasteiger partial charge in [-0.2, -0.15) is 0 Å². The lowest BCUT2D eigenvalue weighted by Crippen LogP contribution is -2.66. The summed E-state index contributed by atoms with van der Waals surface area (Å²) in [6, 6.07) is 0.943. The van der Waals surface area contributed by atoms with Crippen LogP contribution in [0.15, 0.2) is 0 Å². The molecule has 0 spiro atoms. The van der Waals surface area contributed by atoms with Crippen LogP contribution in [0.5, 0.6) is 0 Å². The fourth-order valence-electron chi connectivity index (χ4n) is 4.21. The minimum absolute atomic E-state index is 0.121. The molecule has 0 radical (unpaired) electrons. The van der Waals surface area contributed by atoms with E-state index in [9.17, 15) is 0 Å². The van der Waals surface area contributed by atoms with Crippen molar-refractivity contribution in [1.82, 2.24) is 10.6 Å². The maximum atomic E-state index is 7.09. The molecule has 0 saturated heterocycles. The van der Waals surface area contributed by atoms with Gasteiger partial charge in [0.05, 0.1) is 5.38 Å². The van der Waals surface area contributed by atoms with Gasteiger partial charge in [0.2, 0.25) is 0 Å². The Labute approximate surface area is 148 Å².